The van der Waals surface area contributed by atoms with Crippen molar-refractivity contribution in [1.29, 1.82) is 0 Å². The van der Waals surface area contributed by atoms with Gasteiger partial charge in [-0.3, -0.25) is 9.59 Å². The third-order valence-electron chi connectivity index (χ3n) is 1.43. The van der Waals surface area contributed by atoms with Crippen LogP contribution < -0.4 is 5.32 Å². The van der Waals surface area contributed by atoms with Crippen molar-refractivity contribution >= 4 is 11.9 Å². The van der Waals surface area contributed by atoms with Crippen LogP contribution in [0.2, 0.25) is 0 Å². The van der Waals surface area contributed by atoms with E-state index in [2.05, 4.69) is 10.1 Å². The average Bonchev–Trinajstić information content (AvgIpc) is 2.47. The Bertz CT molecular complexity index is 171. The lowest BCUT2D eigenvalue weighted by molar-refractivity contribution is -0.141. The third kappa shape index (κ3) is 38.3. The SMILES string of the molecule is CC.CC.CC.CCCNC(=O)CCCOC(C)=O. The second kappa shape index (κ2) is 30.2. The van der Waals surface area contributed by atoms with Crippen molar-refractivity contribution in [3.05, 3.63) is 0 Å². The molecule has 1 amide bonds. The van der Waals surface area contributed by atoms with Gasteiger partial charge in [-0.1, -0.05) is 48.5 Å². The van der Waals surface area contributed by atoms with E-state index in [1.54, 1.807) is 0 Å². The summed E-state index contributed by atoms with van der Waals surface area (Å²) in [6.45, 7) is 16.4. The Balaban J connectivity index is -0.000000163. The number of rotatable bonds is 6. The highest BCUT2D eigenvalue weighted by atomic mass is 16.5. The molecule has 4 heteroatoms. The molecule has 0 saturated heterocycles. The summed E-state index contributed by atoms with van der Waals surface area (Å²) in [5.41, 5.74) is 0. The van der Waals surface area contributed by atoms with E-state index in [4.69, 9.17) is 0 Å². The molecule has 4 nitrogen and oxygen atoms in total. The molecule has 0 aliphatic heterocycles. The first kappa shape index (κ1) is 26.5. The number of ether oxygens (including phenoxy) is 1. The Morgan fingerprint density at radius 1 is 1.00 bits per heavy atom. The van der Waals surface area contributed by atoms with Crippen molar-refractivity contribution in [1.82, 2.24) is 5.32 Å². The summed E-state index contributed by atoms with van der Waals surface area (Å²) >= 11 is 0. The quantitative estimate of drug-likeness (QED) is 0.591. The maximum absolute atomic E-state index is 11.0. The summed E-state index contributed by atoms with van der Waals surface area (Å²) in [5, 5.41) is 2.74. The maximum atomic E-state index is 11.0. The Morgan fingerprint density at radius 3 is 1.84 bits per heavy atom. The van der Waals surface area contributed by atoms with Crippen LogP contribution in [0.25, 0.3) is 0 Å². The van der Waals surface area contributed by atoms with Gasteiger partial charge in [0, 0.05) is 19.9 Å². The zero-order valence-corrected chi connectivity index (χ0v) is 14.3. The number of carbonyl (C=O) groups is 2. The molecular formula is C15H35NO3. The van der Waals surface area contributed by atoms with Crippen LogP contribution in [0.4, 0.5) is 0 Å². The van der Waals surface area contributed by atoms with Crippen LogP contribution in [0.3, 0.4) is 0 Å². The summed E-state index contributed by atoms with van der Waals surface area (Å²) < 4.78 is 4.68. The van der Waals surface area contributed by atoms with Gasteiger partial charge in [0.1, 0.15) is 0 Å². The number of hydrogen-bond donors (Lipinski definition) is 1. The first-order valence-corrected chi connectivity index (χ1v) is 7.57. The lowest BCUT2D eigenvalue weighted by Crippen LogP contribution is -2.23. The fraction of sp³-hybridized carbons (Fsp3) is 0.867. The van der Waals surface area contributed by atoms with E-state index in [0.717, 1.165) is 6.42 Å². The average molecular weight is 277 g/mol. The fourth-order valence-corrected chi connectivity index (χ4v) is 0.801. The summed E-state index contributed by atoms with van der Waals surface area (Å²) in [6, 6.07) is 0. The van der Waals surface area contributed by atoms with Crippen LogP contribution in [-0.4, -0.2) is 25.0 Å². The lowest BCUT2D eigenvalue weighted by Gasteiger charge is -2.03. The first-order chi connectivity index (χ1) is 9.16. The smallest absolute Gasteiger partial charge is 0.302 e. The van der Waals surface area contributed by atoms with Gasteiger partial charge in [-0.05, 0) is 12.8 Å². The van der Waals surface area contributed by atoms with Gasteiger partial charge in [-0.25, -0.2) is 0 Å². The molecule has 118 valence electrons. The van der Waals surface area contributed by atoms with Crippen molar-refractivity contribution in [2.75, 3.05) is 13.2 Å². The van der Waals surface area contributed by atoms with Crippen molar-refractivity contribution in [2.45, 2.75) is 74.7 Å². The predicted octanol–water partition coefficient (Wildman–Crippen LogP) is 3.93. The molecule has 0 atom stereocenters. The van der Waals surface area contributed by atoms with Crippen LogP contribution in [0.5, 0.6) is 0 Å². The van der Waals surface area contributed by atoms with Gasteiger partial charge in [-0.2, -0.15) is 0 Å². The van der Waals surface area contributed by atoms with E-state index in [0.29, 0.717) is 26.0 Å². The summed E-state index contributed by atoms with van der Waals surface area (Å²) in [4.78, 5) is 21.3. The van der Waals surface area contributed by atoms with Gasteiger partial charge in [0.05, 0.1) is 6.61 Å². The van der Waals surface area contributed by atoms with E-state index < -0.39 is 0 Å². The highest BCUT2D eigenvalue weighted by Crippen LogP contribution is 1.90. The van der Waals surface area contributed by atoms with Gasteiger partial charge in [0.25, 0.3) is 0 Å². The van der Waals surface area contributed by atoms with Crippen LogP contribution >= 0.6 is 0 Å². The largest absolute Gasteiger partial charge is 0.466 e. The molecule has 0 unspecified atom stereocenters. The Morgan fingerprint density at radius 2 is 1.47 bits per heavy atom. The van der Waals surface area contributed by atoms with E-state index in [1.807, 2.05) is 48.5 Å². The number of carbonyl (C=O) groups excluding carboxylic acids is 2. The third-order valence-corrected chi connectivity index (χ3v) is 1.43. The fourth-order valence-electron chi connectivity index (χ4n) is 0.801. The molecule has 0 aromatic rings. The minimum atomic E-state index is -0.297. The molecular weight excluding hydrogens is 242 g/mol. The second-order valence-electron chi connectivity index (χ2n) is 2.79. The Labute approximate surface area is 120 Å². The van der Waals surface area contributed by atoms with Gasteiger partial charge in [-0.15, -0.1) is 0 Å². The van der Waals surface area contributed by atoms with E-state index in [-0.39, 0.29) is 11.9 Å². The van der Waals surface area contributed by atoms with Crippen LogP contribution in [0.1, 0.15) is 74.7 Å². The van der Waals surface area contributed by atoms with Crippen LogP contribution in [-0.2, 0) is 14.3 Å². The minimum absolute atomic E-state index is 0.0222. The molecule has 0 rings (SSSR count). The van der Waals surface area contributed by atoms with E-state index in [1.165, 1.54) is 6.92 Å². The molecule has 0 radical (unpaired) electrons. The molecule has 19 heavy (non-hydrogen) atoms. The Hall–Kier alpha value is -1.06. The summed E-state index contributed by atoms with van der Waals surface area (Å²) in [7, 11) is 0. The monoisotopic (exact) mass is 277 g/mol. The molecule has 0 aromatic carbocycles. The van der Waals surface area contributed by atoms with Gasteiger partial charge < -0.3 is 10.1 Å². The zero-order valence-electron chi connectivity index (χ0n) is 14.3. The molecule has 0 bridgehead atoms. The van der Waals surface area contributed by atoms with E-state index >= 15 is 0 Å². The topological polar surface area (TPSA) is 55.4 Å². The first-order valence-electron chi connectivity index (χ1n) is 7.57. The highest BCUT2D eigenvalue weighted by Gasteiger charge is 2.00. The van der Waals surface area contributed by atoms with Gasteiger partial charge in [0.2, 0.25) is 5.91 Å². The van der Waals surface area contributed by atoms with Crippen molar-refractivity contribution in [3.63, 3.8) is 0 Å². The summed E-state index contributed by atoms with van der Waals surface area (Å²) in [6.07, 6.45) is 1.96. The minimum Gasteiger partial charge on any atom is -0.466 e. The van der Waals surface area contributed by atoms with E-state index in [9.17, 15) is 9.59 Å². The van der Waals surface area contributed by atoms with Crippen molar-refractivity contribution in [2.24, 2.45) is 0 Å². The number of hydrogen-bond acceptors (Lipinski definition) is 3. The molecule has 0 aliphatic rings. The van der Waals surface area contributed by atoms with Gasteiger partial charge in [0.15, 0.2) is 0 Å². The van der Waals surface area contributed by atoms with Gasteiger partial charge >= 0.3 is 5.97 Å². The Kier molecular flexibility index (Phi) is 42.1. The number of amides is 1. The molecule has 0 heterocycles. The van der Waals surface area contributed by atoms with Crippen molar-refractivity contribution < 1.29 is 14.3 Å². The predicted molar refractivity (Wildman–Crippen MR) is 83.2 cm³/mol. The van der Waals surface area contributed by atoms with Crippen LogP contribution in [0.15, 0.2) is 0 Å². The maximum Gasteiger partial charge on any atom is 0.302 e. The second-order valence-corrected chi connectivity index (χ2v) is 2.79. The normalized spacial score (nSPS) is 7.37. The molecule has 0 aliphatic carbocycles. The number of esters is 1. The highest BCUT2D eigenvalue weighted by molar-refractivity contribution is 5.75. The molecule has 0 spiro atoms. The zero-order chi connectivity index (χ0) is 16.1. The molecule has 1 N–H and O–H groups in total. The van der Waals surface area contributed by atoms with Crippen molar-refractivity contribution in [3.8, 4) is 0 Å². The number of nitrogens with one attached hydrogen (secondary N) is 1. The molecule has 0 aromatic heterocycles. The lowest BCUT2D eigenvalue weighted by atomic mass is 10.3. The summed E-state index contributed by atoms with van der Waals surface area (Å²) in [5.74, 6) is -0.275. The standard InChI is InChI=1S/C9H17NO3.3C2H6/c1-3-6-10-9(12)5-4-7-13-8(2)11;3*1-2/h3-7H2,1-2H3,(H,10,12);3*1-2H3. The molecule has 0 saturated carbocycles. The molecule has 0 fully saturated rings. The van der Waals surface area contributed by atoms with Crippen LogP contribution in [0, 0.1) is 0 Å².